The maximum Gasteiger partial charge on any atom is 0.211 e. The van der Waals surface area contributed by atoms with E-state index in [0.717, 1.165) is 42.5 Å². The number of aromatic nitrogens is 3. The second-order valence-electron chi connectivity index (χ2n) is 8.56. The normalized spacial score (nSPS) is 21.5. The van der Waals surface area contributed by atoms with Crippen molar-refractivity contribution >= 4 is 26.9 Å². The predicted molar refractivity (Wildman–Crippen MR) is 110 cm³/mol. The van der Waals surface area contributed by atoms with Crippen molar-refractivity contribution in [1.82, 2.24) is 19.3 Å². The number of fused-ring (bicyclic) bond motifs is 1. The van der Waals surface area contributed by atoms with Crippen LogP contribution in [0, 0.1) is 5.92 Å². The molecule has 2 heterocycles. The molecule has 0 saturated heterocycles. The lowest BCUT2D eigenvalue weighted by atomic mass is 9.86. The van der Waals surface area contributed by atoms with Crippen LogP contribution in [0.3, 0.4) is 0 Å². The van der Waals surface area contributed by atoms with Crippen molar-refractivity contribution in [2.45, 2.75) is 58.0 Å². The lowest BCUT2D eigenvalue weighted by molar-refractivity contribution is 0.340. The Morgan fingerprint density at radius 2 is 1.89 bits per heavy atom. The number of sulfonamides is 1. The van der Waals surface area contributed by atoms with Gasteiger partial charge in [0.05, 0.1) is 11.1 Å². The lowest BCUT2D eigenvalue weighted by Gasteiger charge is -2.35. The maximum atomic E-state index is 11.8. The van der Waals surface area contributed by atoms with Crippen molar-refractivity contribution in [2.75, 3.05) is 24.7 Å². The summed E-state index contributed by atoms with van der Waals surface area (Å²) in [4.78, 5) is 11.3. The molecule has 0 unspecified atom stereocenters. The Labute approximate surface area is 162 Å². The number of anilines is 1. The molecule has 1 aliphatic carbocycles. The quantitative estimate of drug-likeness (QED) is 0.845. The molecule has 150 valence electrons. The van der Waals surface area contributed by atoms with E-state index in [1.54, 1.807) is 6.33 Å². The zero-order chi connectivity index (χ0) is 19.8. The Balaban J connectivity index is 1.76. The van der Waals surface area contributed by atoms with Crippen LogP contribution in [0.2, 0.25) is 0 Å². The highest BCUT2D eigenvalue weighted by molar-refractivity contribution is 7.89. The molecule has 0 aromatic carbocycles. The molecule has 3 rings (SSSR count). The van der Waals surface area contributed by atoms with Crippen LogP contribution in [-0.4, -0.2) is 48.8 Å². The molecule has 27 heavy (non-hydrogen) atoms. The average molecular weight is 394 g/mol. The molecule has 0 aliphatic heterocycles. The Hall–Kier alpha value is -1.67. The Kier molecular flexibility index (Phi) is 5.49. The van der Waals surface area contributed by atoms with Gasteiger partial charge >= 0.3 is 0 Å². The third-order valence-corrected chi connectivity index (χ3v) is 7.18. The van der Waals surface area contributed by atoms with Gasteiger partial charge in [-0.05, 0) is 65.5 Å². The van der Waals surface area contributed by atoms with Gasteiger partial charge in [0.2, 0.25) is 10.0 Å². The second kappa shape index (κ2) is 7.39. The Bertz CT molecular complexity index is 892. The van der Waals surface area contributed by atoms with Crippen LogP contribution in [-0.2, 0) is 15.6 Å². The van der Waals surface area contributed by atoms with Crippen molar-refractivity contribution in [3.63, 3.8) is 0 Å². The highest BCUT2D eigenvalue weighted by Crippen LogP contribution is 2.33. The summed E-state index contributed by atoms with van der Waals surface area (Å²) in [6.45, 7) is 6.50. The third-order valence-electron chi connectivity index (χ3n) is 5.65. The highest BCUT2D eigenvalue weighted by Gasteiger charge is 2.28. The minimum Gasteiger partial charge on any atom is -0.356 e. The summed E-state index contributed by atoms with van der Waals surface area (Å²) in [5, 5.41) is 1.06. The van der Waals surface area contributed by atoms with E-state index in [4.69, 9.17) is 0 Å². The number of nitrogens with zero attached hydrogens (tertiary/aromatic N) is 4. The van der Waals surface area contributed by atoms with Crippen molar-refractivity contribution in [3.8, 4) is 0 Å². The van der Waals surface area contributed by atoms with Gasteiger partial charge in [-0.2, -0.15) is 0 Å². The molecule has 2 aromatic heterocycles. The zero-order valence-electron chi connectivity index (χ0n) is 16.9. The third kappa shape index (κ3) is 4.27. The highest BCUT2D eigenvalue weighted by atomic mass is 32.2. The van der Waals surface area contributed by atoms with Crippen LogP contribution >= 0.6 is 0 Å². The molecule has 1 saturated carbocycles. The summed E-state index contributed by atoms with van der Waals surface area (Å²) in [7, 11) is 0.438. The molecule has 0 radical (unpaired) electrons. The molecule has 0 amide bonds. The van der Waals surface area contributed by atoms with Gasteiger partial charge in [-0.3, -0.25) is 0 Å². The first-order valence-corrected chi connectivity index (χ1v) is 11.2. The van der Waals surface area contributed by atoms with Crippen LogP contribution in [0.5, 0.6) is 0 Å². The van der Waals surface area contributed by atoms with Gasteiger partial charge in [0.1, 0.15) is 17.8 Å². The Morgan fingerprint density at radius 3 is 2.48 bits per heavy atom. The average Bonchev–Trinajstić information content (AvgIpc) is 3.06. The monoisotopic (exact) mass is 393 g/mol. The fourth-order valence-corrected chi connectivity index (χ4v) is 5.15. The van der Waals surface area contributed by atoms with Gasteiger partial charge in [-0.1, -0.05) is 0 Å². The molecular weight excluding hydrogens is 362 g/mol. The summed E-state index contributed by atoms with van der Waals surface area (Å²) < 4.78 is 28.2. The molecule has 1 fully saturated rings. The van der Waals surface area contributed by atoms with Crippen molar-refractivity contribution in [1.29, 1.82) is 0 Å². The first-order valence-electron chi connectivity index (χ1n) is 9.59. The SMILES string of the molecule is CNS(=O)(=O)CC1CCC(N(C)c2ncnc3c2ccn3C(C)(C)C)CC1. The fourth-order valence-electron chi connectivity index (χ4n) is 4.03. The van der Waals surface area contributed by atoms with E-state index in [2.05, 4.69) is 64.2 Å². The first-order chi connectivity index (χ1) is 12.6. The van der Waals surface area contributed by atoms with E-state index in [-0.39, 0.29) is 17.2 Å². The van der Waals surface area contributed by atoms with Gasteiger partial charge in [0.25, 0.3) is 0 Å². The van der Waals surface area contributed by atoms with Crippen LogP contribution in [0.15, 0.2) is 18.6 Å². The molecule has 0 spiro atoms. The minimum atomic E-state index is -3.14. The molecule has 2 aromatic rings. The maximum absolute atomic E-state index is 11.8. The zero-order valence-corrected chi connectivity index (χ0v) is 17.8. The molecule has 1 aliphatic rings. The standard InChI is InChI=1S/C19H31N5O2S/c1-19(2,3)24-11-10-16-17(21-13-22-18(16)24)23(5)15-8-6-14(7-9-15)12-27(25,26)20-4/h10-11,13-15,20H,6-9,12H2,1-5H3. The minimum absolute atomic E-state index is 0.0389. The largest absolute Gasteiger partial charge is 0.356 e. The van der Waals surface area contributed by atoms with E-state index in [0.29, 0.717) is 6.04 Å². The summed E-state index contributed by atoms with van der Waals surface area (Å²) in [6, 6.07) is 2.46. The topological polar surface area (TPSA) is 80.1 Å². The van der Waals surface area contributed by atoms with Gasteiger partial charge in [-0.25, -0.2) is 23.1 Å². The van der Waals surface area contributed by atoms with E-state index < -0.39 is 10.0 Å². The van der Waals surface area contributed by atoms with E-state index in [1.165, 1.54) is 7.05 Å². The van der Waals surface area contributed by atoms with Gasteiger partial charge in [0, 0.05) is 24.8 Å². The smallest absolute Gasteiger partial charge is 0.211 e. The van der Waals surface area contributed by atoms with E-state index in [1.807, 2.05) is 0 Å². The van der Waals surface area contributed by atoms with E-state index >= 15 is 0 Å². The lowest BCUT2D eigenvalue weighted by Crippen LogP contribution is -2.38. The summed E-state index contributed by atoms with van der Waals surface area (Å²) in [5.74, 6) is 1.42. The fraction of sp³-hybridized carbons (Fsp3) is 0.684. The number of hydrogen-bond donors (Lipinski definition) is 1. The van der Waals surface area contributed by atoms with Crippen molar-refractivity contribution in [3.05, 3.63) is 18.6 Å². The predicted octanol–water partition coefficient (Wildman–Crippen LogP) is 2.73. The Morgan fingerprint density at radius 1 is 1.22 bits per heavy atom. The van der Waals surface area contributed by atoms with Gasteiger partial charge < -0.3 is 9.47 Å². The summed E-state index contributed by atoms with van der Waals surface area (Å²) in [6.07, 6.45) is 7.52. The molecule has 8 heteroatoms. The second-order valence-corrected chi connectivity index (χ2v) is 10.5. The van der Waals surface area contributed by atoms with Gasteiger partial charge in [-0.15, -0.1) is 0 Å². The van der Waals surface area contributed by atoms with Crippen LogP contribution in [0.4, 0.5) is 5.82 Å². The first kappa shape index (κ1) is 20.1. The van der Waals surface area contributed by atoms with Crippen LogP contribution < -0.4 is 9.62 Å². The summed E-state index contributed by atoms with van der Waals surface area (Å²) >= 11 is 0. The van der Waals surface area contributed by atoms with Crippen LogP contribution in [0.1, 0.15) is 46.5 Å². The molecule has 0 atom stereocenters. The van der Waals surface area contributed by atoms with Crippen molar-refractivity contribution < 1.29 is 8.42 Å². The summed E-state index contributed by atoms with van der Waals surface area (Å²) in [5.41, 5.74) is 0.913. The number of rotatable bonds is 5. The van der Waals surface area contributed by atoms with Crippen LogP contribution in [0.25, 0.3) is 11.0 Å². The molecule has 7 nitrogen and oxygen atoms in total. The number of hydrogen-bond acceptors (Lipinski definition) is 5. The van der Waals surface area contributed by atoms with Crippen molar-refractivity contribution in [2.24, 2.45) is 5.92 Å². The van der Waals surface area contributed by atoms with Gasteiger partial charge in [0.15, 0.2) is 0 Å². The number of nitrogens with one attached hydrogen (secondary N) is 1. The molecule has 0 bridgehead atoms. The van der Waals surface area contributed by atoms with E-state index in [9.17, 15) is 8.42 Å². The molecule has 1 N–H and O–H groups in total. The molecular formula is C19H31N5O2S.